The first kappa shape index (κ1) is 17.5. The highest BCUT2D eigenvalue weighted by Crippen LogP contribution is 2.26. The van der Waals surface area contributed by atoms with Crippen LogP contribution in [-0.2, 0) is 6.54 Å². The van der Waals surface area contributed by atoms with Crippen molar-refractivity contribution in [2.24, 2.45) is 0 Å². The molecule has 5 heteroatoms. The Hall–Kier alpha value is -2.27. The van der Waals surface area contributed by atoms with Gasteiger partial charge < -0.3 is 0 Å². The molecule has 1 heterocycles. The molecule has 0 bridgehead atoms. The van der Waals surface area contributed by atoms with Crippen LogP contribution in [0.5, 0.6) is 0 Å². The van der Waals surface area contributed by atoms with Crippen LogP contribution in [0.25, 0.3) is 11.3 Å². The molecule has 0 spiro atoms. The number of hydrogen-bond acceptors (Lipinski definition) is 2. The fraction of sp³-hybridized carbons (Fsp3) is 0.200. The van der Waals surface area contributed by atoms with Gasteiger partial charge in [-0.1, -0.05) is 44.2 Å². The van der Waals surface area contributed by atoms with Crippen molar-refractivity contribution in [2.45, 2.75) is 26.3 Å². The number of nitrogens with zero attached hydrogens (tertiary/aromatic N) is 2. The molecule has 0 N–H and O–H groups in total. The van der Waals surface area contributed by atoms with E-state index in [1.807, 2.05) is 18.2 Å². The van der Waals surface area contributed by atoms with Crippen LogP contribution in [0.4, 0.5) is 4.39 Å². The summed E-state index contributed by atoms with van der Waals surface area (Å²) in [7, 11) is 0. The van der Waals surface area contributed by atoms with Crippen LogP contribution < -0.4 is 5.56 Å². The normalized spacial score (nSPS) is 11.1. The van der Waals surface area contributed by atoms with Gasteiger partial charge in [0.15, 0.2) is 0 Å². The van der Waals surface area contributed by atoms with E-state index < -0.39 is 0 Å². The van der Waals surface area contributed by atoms with Gasteiger partial charge in [0.2, 0.25) is 0 Å². The monoisotopic (exact) mass is 400 g/mol. The van der Waals surface area contributed by atoms with E-state index in [0.29, 0.717) is 21.6 Å². The molecule has 2 aromatic carbocycles. The lowest BCUT2D eigenvalue weighted by molar-refractivity contribution is 0.622. The van der Waals surface area contributed by atoms with Crippen LogP contribution >= 0.6 is 15.9 Å². The molecule has 3 nitrogen and oxygen atoms in total. The van der Waals surface area contributed by atoms with Crippen LogP contribution in [0.1, 0.15) is 30.9 Å². The molecule has 0 saturated carbocycles. The summed E-state index contributed by atoms with van der Waals surface area (Å²) in [6, 6.07) is 14.2. The molecule has 128 valence electrons. The average Bonchev–Trinajstić information content (AvgIpc) is 2.59. The maximum Gasteiger partial charge on any atom is 0.268 e. The van der Waals surface area contributed by atoms with E-state index in [1.54, 1.807) is 12.1 Å². The number of hydrogen-bond donors (Lipinski definition) is 0. The first-order valence-electron chi connectivity index (χ1n) is 8.05. The largest absolute Gasteiger partial charge is 0.294 e. The number of halogens is 2. The Morgan fingerprint density at radius 1 is 1.16 bits per heavy atom. The predicted molar refractivity (Wildman–Crippen MR) is 101 cm³/mol. The SMILES string of the molecule is CC(C)c1cccc(-c2ncn(Cc3cccc(F)c3)c(=O)c2Br)c1. The average molecular weight is 401 g/mol. The molecular weight excluding hydrogens is 383 g/mol. The topological polar surface area (TPSA) is 34.9 Å². The van der Waals surface area contributed by atoms with Gasteiger partial charge in [-0.15, -0.1) is 0 Å². The number of benzene rings is 2. The first-order valence-corrected chi connectivity index (χ1v) is 8.84. The molecule has 0 fully saturated rings. The van der Waals surface area contributed by atoms with Crippen LogP contribution in [-0.4, -0.2) is 9.55 Å². The molecule has 0 aliphatic heterocycles. The van der Waals surface area contributed by atoms with Crippen LogP contribution in [0.3, 0.4) is 0 Å². The standard InChI is InChI=1S/C20H18BrFN2O/c1-13(2)15-6-4-7-16(10-15)19-18(21)20(25)24(12-23-19)11-14-5-3-8-17(22)9-14/h3-10,12-13H,11H2,1-2H3. The Labute approximate surface area is 154 Å². The van der Waals surface area contributed by atoms with Crippen molar-refractivity contribution in [2.75, 3.05) is 0 Å². The minimum Gasteiger partial charge on any atom is -0.294 e. The van der Waals surface area contributed by atoms with E-state index in [2.05, 4.69) is 40.8 Å². The second kappa shape index (κ2) is 7.31. The van der Waals surface area contributed by atoms with Crippen molar-refractivity contribution >= 4 is 15.9 Å². The van der Waals surface area contributed by atoms with Gasteiger partial charge in [0.05, 0.1) is 18.6 Å². The first-order chi connectivity index (χ1) is 12.0. The lowest BCUT2D eigenvalue weighted by Gasteiger charge is -2.11. The fourth-order valence-corrected chi connectivity index (χ4v) is 3.21. The Kier molecular flexibility index (Phi) is 5.13. The van der Waals surface area contributed by atoms with Crippen LogP contribution in [0.15, 0.2) is 64.1 Å². The third-order valence-corrected chi connectivity index (χ3v) is 4.77. The summed E-state index contributed by atoms with van der Waals surface area (Å²) in [5.41, 5.74) is 3.22. The van der Waals surface area contributed by atoms with Gasteiger partial charge in [-0.05, 0) is 51.2 Å². The Balaban J connectivity index is 1.98. The van der Waals surface area contributed by atoms with E-state index in [-0.39, 0.29) is 17.9 Å². The minimum absolute atomic E-state index is 0.191. The van der Waals surface area contributed by atoms with Gasteiger partial charge in [-0.25, -0.2) is 9.37 Å². The van der Waals surface area contributed by atoms with E-state index >= 15 is 0 Å². The van der Waals surface area contributed by atoms with Gasteiger partial charge in [0, 0.05) is 5.56 Å². The molecular formula is C20H18BrFN2O. The summed E-state index contributed by atoms with van der Waals surface area (Å²) in [4.78, 5) is 17.1. The third kappa shape index (κ3) is 3.87. The zero-order valence-electron chi connectivity index (χ0n) is 14.0. The molecule has 1 aromatic heterocycles. The van der Waals surface area contributed by atoms with E-state index in [0.717, 1.165) is 5.56 Å². The summed E-state index contributed by atoms with van der Waals surface area (Å²) in [6.07, 6.45) is 1.51. The molecule has 0 unspecified atom stereocenters. The van der Waals surface area contributed by atoms with Gasteiger partial charge in [-0.3, -0.25) is 9.36 Å². The van der Waals surface area contributed by atoms with Crippen molar-refractivity contribution in [3.05, 3.63) is 86.6 Å². The van der Waals surface area contributed by atoms with Crippen molar-refractivity contribution in [1.82, 2.24) is 9.55 Å². The maximum absolute atomic E-state index is 13.3. The van der Waals surface area contributed by atoms with Crippen molar-refractivity contribution in [3.63, 3.8) is 0 Å². The highest BCUT2D eigenvalue weighted by molar-refractivity contribution is 9.10. The van der Waals surface area contributed by atoms with Gasteiger partial charge >= 0.3 is 0 Å². The molecule has 25 heavy (non-hydrogen) atoms. The smallest absolute Gasteiger partial charge is 0.268 e. The quantitative estimate of drug-likeness (QED) is 0.618. The number of rotatable bonds is 4. The molecule has 0 aliphatic rings. The Morgan fingerprint density at radius 3 is 2.64 bits per heavy atom. The van der Waals surface area contributed by atoms with E-state index in [1.165, 1.54) is 28.6 Å². The molecule has 3 rings (SSSR count). The van der Waals surface area contributed by atoms with Crippen LogP contribution in [0, 0.1) is 5.82 Å². The lowest BCUT2D eigenvalue weighted by Crippen LogP contribution is -2.22. The summed E-state index contributed by atoms with van der Waals surface area (Å²) in [5.74, 6) is 0.0757. The molecule has 0 atom stereocenters. The maximum atomic E-state index is 13.3. The summed E-state index contributed by atoms with van der Waals surface area (Å²) < 4.78 is 15.2. The minimum atomic E-state index is -0.320. The zero-order chi connectivity index (χ0) is 18.0. The summed E-state index contributed by atoms with van der Waals surface area (Å²) in [6.45, 7) is 4.52. The Bertz CT molecular complexity index is 966. The predicted octanol–water partition coefficient (Wildman–Crippen LogP) is 4.98. The van der Waals surface area contributed by atoms with Crippen molar-refractivity contribution < 1.29 is 4.39 Å². The molecule has 0 aliphatic carbocycles. The highest BCUT2D eigenvalue weighted by Gasteiger charge is 2.12. The summed E-state index contributed by atoms with van der Waals surface area (Å²) >= 11 is 3.39. The van der Waals surface area contributed by atoms with Gasteiger partial charge in [-0.2, -0.15) is 0 Å². The Morgan fingerprint density at radius 2 is 1.92 bits per heavy atom. The number of aromatic nitrogens is 2. The fourth-order valence-electron chi connectivity index (χ4n) is 2.65. The molecule has 0 saturated heterocycles. The zero-order valence-corrected chi connectivity index (χ0v) is 15.6. The highest BCUT2D eigenvalue weighted by atomic mass is 79.9. The lowest BCUT2D eigenvalue weighted by atomic mass is 10.00. The molecule has 0 radical (unpaired) electrons. The molecule has 3 aromatic rings. The van der Waals surface area contributed by atoms with E-state index in [4.69, 9.17) is 0 Å². The van der Waals surface area contributed by atoms with Gasteiger partial charge in [0.1, 0.15) is 10.3 Å². The van der Waals surface area contributed by atoms with Crippen molar-refractivity contribution in [1.29, 1.82) is 0 Å². The summed E-state index contributed by atoms with van der Waals surface area (Å²) in [5, 5.41) is 0. The second-order valence-electron chi connectivity index (χ2n) is 6.25. The van der Waals surface area contributed by atoms with Crippen molar-refractivity contribution in [3.8, 4) is 11.3 Å². The molecule has 0 amide bonds. The second-order valence-corrected chi connectivity index (χ2v) is 7.04. The third-order valence-electron chi connectivity index (χ3n) is 4.05. The van der Waals surface area contributed by atoms with Gasteiger partial charge in [0.25, 0.3) is 5.56 Å². The van der Waals surface area contributed by atoms with Crippen LogP contribution in [0.2, 0.25) is 0 Å². The van der Waals surface area contributed by atoms with E-state index in [9.17, 15) is 9.18 Å².